The first-order chi connectivity index (χ1) is 21.2. The number of alkyl halides is 3. The normalized spacial score (nSPS) is 18.8. The molecule has 0 aromatic heterocycles. The summed E-state index contributed by atoms with van der Waals surface area (Å²) >= 11 is 1.72. The number of ether oxygens (including phenoxy) is 1. The number of rotatable bonds is 8. The smallest absolute Gasteiger partial charge is 0.475 e. The Balaban J connectivity index is 0.000000707. The number of aliphatic carboxylic acids is 1. The maximum atomic E-state index is 13.0. The van der Waals surface area contributed by atoms with Gasteiger partial charge in [-0.3, -0.25) is 9.69 Å². The van der Waals surface area contributed by atoms with Crippen molar-refractivity contribution in [3.8, 4) is 0 Å². The molecular formula is C32H42F3N3O6S. The molecule has 1 saturated heterocycles. The van der Waals surface area contributed by atoms with Crippen LogP contribution in [0.1, 0.15) is 56.6 Å². The van der Waals surface area contributed by atoms with E-state index in [9.17, 15) is 27.9 Å². The van der Waals surface area contributed by atoms with Gasteiger partial charge in [-0.25, -0.2) is 9.59 Å². The van der Waals surface area contributed by atoms with Gasteiger partial charge in [0.2, 0.25) is 0 Å². The number of hydrogen-bond acceptors (Lipinski definition) is 7. The molecule has 2 aliphatic rings. The Morgan fingerprint density at radius 3 is 2.27 bits per heavy atom. The van der Waals surface area contributed by atoms with Gasteiger partial charge in [-0.2, -0.15) is 13.2 Å². The van der Waals surface area contributed by atoms with Crippen molar-refractivity contribution in [1.82, 2.24) is 4.90 Å². The number of nitrogens with two attached hydrogens (primary N) is 1. The van der Waals surface area contributed by atoms with Crippen molar-refractivity contribution in [1.29, 1.82) is 0 Å². The molecule has 13 heteroatoms. The van der Waals surface area contributed by atoms with Crippen LogP contribution in [0, 0.1) is 19.3 Å². The number of halogens is 3. The van der Waals surface area contributed by atoms with Gasteiger partial charge in [0, 0.05) is 29.4 Å². The van der Waals surface area contributed by atoms with Gasteiger partial charge in [0.1, 0.15) is 6.10 Å². The zero-order valence-corrected chi connectivity index (χ0v) is 26.6. The molecule has 1 amide bonds. The zero-order valence-electron chi connectivity index (χ0n) is 25.8. The fourth-order valence-electron chi connectivity index (χ4n) is 5.89. The Hall–Kier alpha value is -3.45. The van der Waals surface area contributed by atoms with Crippen molar-refractivity contribution in [2.24, 2.45) is 11.1 Å². The first kappa shape index (κ1) is 36.0. The van der Waals surface area contributed by atoms with E-state index in [-0.39, 0.29) is 11.4 Å². The summed E-state index contributed by atoms with van der Waals surface area (Å²) in [5.74, 6) is -3.04. The molecule has 1 aliphatic heterocycles. The minimum atomic E-state index is -5.08. The number of carboxylic acid groups (broad SMARTS) is 2. The average Bonchev–Trinajstić information content (AvgIpc) is 2.98. The number of benzene rings is 2. The van der Waals surface area contributed by atoms with Crippen LogP contribution >= 0.6 is 11.8 Å². The van der Waals surface area contributed by atoms with Crippen LogP contribution in [0.15, 0.2) is 52.3 Å². The van der Waals surface area contributed by atoms with Crippen LogP contribution in [-0.4, -0.2) is 77.6 Å². The van der Waals surface area contributed by atoms with Crippen LogP contribution in [-0.2, 0) is 14.3 Å². The molecule has 0 radical (unpaired) electrons. The van der Waals surface area contributed by atoms with E-state index in [1.54, 1.807) is 11.8 Å². The maximum absolute atomic E-state index is 13.0. The second-order valence-electron chi connectivity index (χ2n) is 11.8. The fourth-order valence-corrected chi connectivity index (χ4v) is 6.93. The predicted molar refractivity (Wildman–Crippen MR) is 166 cm³/mol. The second kappa shape index (κ2) is 15.7. The standard InChI is InChI=1S/C30H41N3O4S.C2HF3O2/c1-21-11-12-26(22(2)17-21)38-27-10-6-5-9-24(27)32-15-16-33(29(35)36)25(19-32)23(3)37-28(34)18-30(20-31)13-7-4-8-14-30;3-2(4,5)1(6)7/h5-6,9-12,17,23,25H,4,7-8,13-16,18-20,31H2,1-3H3,(H,35,36);(H,6,7). The number of aryl methyl sites for hydroxylation is 2. The lowest BCUT2D eigenvalue weighted by atomic mass is 9.72. The van der Waals surface area contributed by atoms with E-state index in [2.05, 4.69) is 49.1 Å². The highest BCUT2D eigenvalue weighted by molar-refractivity contribution is 7.99. The van der Waals surface area contributed by atoms with Crippen molar-refractivity contribution in [2.75, 3.05) is 31.1 Å². The lowest BCUT2D eigenvalue weighted by molar-refractivity contribution is -0.192. The van der Waals surface area contributed by atoms with Crippen molar-refractivity contribution in [3.05, 3.63) is 53.6 Å². The van der Waals surface area contributed by atoms with Gasteiger partial charge in [0.05, 0.1) is 18.2 Å². The Labute approximate surface area is 265 Å². The molecule has 2 fully saturated rings. The Kier molecular flexibility index (Phi) is 12.6. The van der Waals surface area contributed by atoms with Crippen molar-refractivity contribution in [2.45, 2.75) is 87.4 Å². The summed E-state index contributed by atoms with van der Waals surface area (Å²) in [6, 6.07) is 14.2. The molecule has 2 unspecified atom stereocenters. The van der Waals surface area contributed by atoms with E-state index in [1.165, 1.54) is 27.3 Å². The molecule has 248 valence electrons. The van der Waals surface area contributed by atoms with E-state index >= 15 is 0 Å². The number of anilines is 1. The van der Waals surface area contributed by atoms with Gasteiger partial charge in [-0.15, -0.1) is 0 Å². The van der Waals surface area contributed by atoms with Gasteiger partial charge >= 0.3 is 24.2 Å². The Morgan fingerprint density at radius 2 is 1.69 bits per heavy atom. The summed E-state index contributed by atoms with van der Waals surface area (Å²) in [4.78, 5) is 40.0. The fraction of sp³-hybridized carbons (Fsp3) is 0.531. The maximum Gasteiger partial charge on any atom is 0.490 e. The molecule has 1 saturated carbocycles. The van der Waals surface area contributed by atoms with E-state index < -0.39 is 30.4 Å². The first-order valence-electron chi connectivity index (χ1n) is 14.9. The number of piperazine rings is 1. The number of carboxylic acids is 1. The number of nitrogens with zero attached hydrogens (tertiary/aromatic N) is 2. The van der Waals surface area contributed by atoms with Gasteiger partial charge in [0.15, 0.2) is 0 Å². The van der Waals surface area contributed by atoms with E-state index in [0.29, 0.717) is 32.6 Å². The molecule has 2 aromatic rings. The van der Waals surface area contributed by atoms with Crippen LogP contribution in [0.4, 0.5) is 23.7 Å². The summed E-state index contributed by atoms with van der Waals surface area (Å²) < 4.78 is 37.6. The molecule has 0 spiro atoms. The molecular weight excluding hydrogens is 611 g/mol. The second-order valence-corrected chi connectivity index (χ2v) is 12.9. The monoisotopic (exact) mass is 653 g/mol. The molecule has 0 bridgehead atoms. The Morgan fingerprint density at radius 1 is 1.04 bits per heavy atom. The number of carbonyl (C=O) groups excluding carboxylic acids is 1. The minimum Gasteiger partial charge on any atom is -0.475 e. The summed E-state index contributed by atoms with van der Waals surface area (Å²) in [5.41, 5.74) is 9.43. The van der Waals surface area contributed by atoms with E-state index in [4.69, 9.17) is 20.4 Å². The quantitative estimate of drug-likeness (QED) is 0.274. The van der Waals surface area contributed by atoms with Crippen LogP contribution in [0.5, 0.6) is 0 Å². The minimum absolute atomic E-state index is 0.190. The molecule has 45 heavy (non-hydrogen) atoms. The lowest BCUT2D eigenvalue weighted by Gasteiger charge is -2.43. The molecule has 1 aliphatic carbocycles. The highest BCUT2D eigenvalue weighted by atomic mass is 32.2. The third-order valence-corrected chi connectivity index (χ3v) is 9.63. The number of carbonyl (C=O) groups is 3. The lowest BCUT2D eigenvalue weighted by Crippen LogP contribution is -2.59. The van der Waals surface area contributed by atoms with Gasteiger partial charge in [-0.05, 0) is 69.3 Å². The Bertz CT molecular complexity index is 1340. The number of amides is 1. The van der Waals surface area contributed by atoms with Gasteiger partial charge in [0.25, 0.3) is 0 Å². The molecule has 9 nitrogen and oxygen atoms in total. The third-order valence-electron chi connectivity index (χ3n) is 8.39. The highest BCUT2D eigenvalue weighted by Gasteiger charge is 2.39. The van der Waals surface area contributed by atoms with Crippen LogP contribution in [0.3, 0.4) is 0 Å². The van der Waals surface area contributed by atoms with Crippen molar-refractivity contribution < 1.29 is 42.5 Å². The largest absolute Gasteiger partial charge is 0.490 e. The number of esters is 1. The van der Waals surface area contributed by atoms with Gasteiger partial charge < -0.3 is 25.6 Å². The topological polar surface area (TPSA) is 133 Å². The molecule has 1 heterocycles. The third kappa shape index (κ3) is 10.0. The number of hydrogen-bond donors (Lipinski definition) is 3. The molecule has 2 aromatic carbocycles. The SMILES string of the molecule is Cc1ccc(Sc2ccccc2N2CCN(C(=O)O)C(C(C)OC(=O)CC3(CN)CCCCC3)C2)c(C)c1.O=C(O)C(F)(F)F. The first-order valence-corrected chi connectivity index (χ1v) is 15.8. The molecule has 2 atom stereocenters. The molecule has 4 N–H and O–H groups in total. The van der Waals surface area contributed by atoms with E-state index in [0.717, 1.165) is 36.3 Å². The molecule has 4 rings (SSSR count). The average molecular weight is 654 g/mol. The van der Waals surface area contributed by atoms with Crippen LogP contribution in [0.2, 0.25) is 0 Å². The highest BCUT2D eigenvalue weighted by Crippen LogP contribution is 2.40. The summed E-state index contributed by atoms with van der Waals surface area (Å²) in [6.45, 7) is 7.88. The van der Waals surface area contributed by atoms with Crippen molar-refractivity contribution in [3.63, 3.8) is 0 Å². The predicted octanol–water partition coefficient (Wildman–Crippen LogP) is 6.49. The summed E-state index contributed by atoms with van der Waals surface area (Å²) in [7, 11) is 0. The van der Waals surface area contributed by atoms with Crippen LogP contribution < -0.4 is 10.6 Å². The van der Waals surface area contributed by atoms with E-state index in [1.807, 2.05) is 19.1 Å². The van der Waals surface area contributed by atoms with Crippen LogP contribution in [0.25, 0.3) is 0 Å². The summed E-state index contributed by atoms with van der Waals surface area (Å²) in [6.07, 6.45) is -1.09. The zero-order chi connectivity index (χ0) is 33.4. The van der Waals surface area contributed by atoms with Gasteiger partial charge in [-0.1, -0.05) is 60.9 Å². The summed E-state index contributed by atoms with van der Waals surface area (Å²) in [5, 5.41) is 17.1. The van der Waals surface area contributed by atoms with Crippen molar-refractivity contribution >= 4 is 35.5 Å². The number of para-hydroxylation sites is 1.